The Balaban J connectivity index is 2.17. The molecule has 1 amide bonds. The van der Waals surface area contributed by atoms with Crippen LogP contribution in [0.25, 0.3) is 0 Å². The summed E-state index contributed by atoms with van der Waals surface area (Å²) in [7, 11) is 0. The van der Waals surface area contributed by atoms with E-state index in [-0.39, 0.29) is 29.0 Å². The van der Waals surface area contributed by atoms with Gasteiger partial charge in [-0.3, -0.25) is 9.59 Å². The molecule has 0 bridgehead atoms. The molecular formula is C18H14N2O4. The number of aromatic carboxylic acids is 1. The molecule has 2 aromatic carbocycles. The molecule has 0 aliphatic rings. The maximum atomic E-state index is 12.3. The van der Waals surface area contributed by atoms with Crippen LogP contribution in [0.3, 0.4) is 0 Å². The first kappa shape index (κ1) is 16.9. The molecule has 0 spiro atoms. The van der Waals surface area contributed by atoms with Crippen LogP contribution in [0.15, 0.2) is 42.5 Å². The fraction of sp³-hybridized carbons (Fsp3) is 0.111. The largest absolute Gasteiger partial charge is 0.478 e. The predicted molar refractivity (Wildman–Crippen MR) is 85.7 cm³/mol. The quantitative estimate of drug-likeness (QED) is 0.822. The summed E-state index contributed by atoms with van der Waals surface area (Å²) < 4.78 is 0. The molecule has 0 aromatic heterocycles. The van der Waals surface area contributed by atoms with Crippen LogP contribution in [0.1, 0.15) is 49.1 Å². The zero-order valence-corrected chi connectivity index (χ0v) is 12.9. The first-order chi connectivity index (χ1) is 11.4. The van der Waals surface area contributed by atoms with Gasteiger partial charge in [-0.25, -0.2) is 4.79 Å². The first-order valence-electron chi connectivity index (χ1n) is 7.08. The summed E-state index contributed by atoms with van der Waals surface area (Å²) >= 11 is 0. The van der Waals surface area contributed by atoms with Crippen molar-refractivity contribution in [3.8, 4) is 6.07 Å². The zero-order valence-electron chi connectivity index (χ0n) is 12.9. The minimum atomic E-state index is -1.18. The van der Waals surface area contributed by atoms with Gasteiger partial charge in [-0.2, -0.15) is 5.26 Å². The van der Waals surface area contributed by atoms with Crippen molar-refractivity contribution in [3.05, 3.63) is 70.3 Å². The number of hydrogen-bond donors (Lipinski definition) is 2. The summed E-state index contributed by atoms with van der Waals surface area (Å²) in [5.74, 6) is -1.81. The van der Waals surface area contributed by atoms with E-state index in [0.29, 0.717) is 11.1 Å². The van der Waals surface area contributed by atoms with Crippen LogP contribution < -0.4 is 5.32 Å². The van der Waals surface area contributed by atoms with Gasteiger partial charge in [0.2, 0.25) is 0 Å². The number of Topliss-reactive ketones (excluding diaryl/α,β-unsaturated/α-hetero) is 1. The molecule has 0 fully saturated rings. The lowest BCUT2D eigenvalue weighted by molar-refractivity contribution is 0.0696. The van der Waals surface area contributed by atoms with E-state index >= 15 is 0 Å². The van der Waals surface area contributed by atoms with E-state index < -0.39 is 11.9 Å². The number of carbonyl (C=O) groups is 3. The molecule has 2 N–H and O–H groups in total. The molecule has 2 aromatic rings. The topological polar surface area (TPSA) is 107 Å². The third-order valence-electron chi connectivity index (χ3n) is 3.44. The predicted octanol–water partition coefficient (Wildman–Crippen LogP) is 2.39. The monoisotopic (exact) mass is 322 g/mol. The fourth-order valence-corrected chi connectivity index (χ4v) is 2.25. The van der Waals surface area contributed by atoms with E-state index in [9.17, 15) is 14.4 Å². The van der Waals surface area contributed by atoms with Crippen molar-refractivity contribution in [1.29, 1.82) is 5.26 Å². The normalized spacial score (nSPS) is 9.83. The van der Waals surface area contributed by atoms with Crippen molar-refractivity contribution in [2.75, 3.05) is 0 Å². The number of hydrogen-bond acceptors (Lipinski definition) is 4. The summed E-state index contributed by atoms with van der Waals surface area (Å²) in [5.41, 5.74) is 1.12. The molecule has 0 aliphatic heterocycles. The van der Waals surface area contributed by atoms with E-state index in [0.717, 1.165) is 0 Å². The highest BCUT2D eigenvalue weighted by Crippen LogP contribution is 2.13. The molecule has 6 nitrogen and oxygen atoms in total. The van der Waals surface area contributed by atoms with Crippen molar-refractivity contribution in [2.45, 2.75) is 13.5 Å². The number of nitrogens with zero attached hydrogens (tertiary/aromatic N) is 1. The third-order valence-corrected chi connectivity index (χ3v) is 3.44. The molecule has 0 saturated carbocycles. The Morgan fingerprint density at radius 3 is 2.33 bits per heavy atom. The number of carboxylic acid groups (broad SMARTS) is 1. The number of benzene rings is 2. The molecule has 6 heteroatoms. The van der Waals surface area contributed by atoms with Crippen molar-refractivity contribution >= 4 is 17.7 Å². The average molecular weight is 322 g/mol. The summed E-state index contributed by atoms with van der Waals surface area (Å²) in [6, 6.07) is 12.6. The highest BCUT2D eigenvalue weighted by molar-refractivity contribution is 6.07. The van der Waals surface area contributed by atoms with E-state index in [2.05, 4.69) is 5.32 Å². The van der Waals surface area contributed by atoms with Gasteiger partial charge in [0.25, 0.3) is 5.91 Å². The van der Waals surface area contributed by atoms with Gasteiger partial charge >= 0.3 is 5.97 Å². The number of carboxylic acids is 1. The van der Waals surface area contributed by atoms with Crippen molar-refractivity contribution in [3.63, 3.8) is 0 Å². The molecule has 0 radical (unpaired) electrons. The van der Waals surface area contributed by atoms with Gasteiger partial charge in [0.15, 0.2) is 5.78 Å². The fourth-order valence-electron chi connectivity index (χ4n) is 2.25. The molecule has 120 valence electrons. The van der Waals surface area contributed by atoms with E-state index in [1.165, 1.54) is 25.1 Å². The smallest absolute Gasteiger partial charge is 0.337 e. The number of amides is 1. The second-order valence-corrected chi connectivity index (χ2v) is 5.08. The Kier molecular flexibility index (Phi) is 5.07. The SMILES string of the molecule is CC(=O)c1ccccc1C(=O)NCc1ccc(C(=O)O)c(C#N)c1. The lowest BCUT2D eigenvalue weighted by atomic mass is 10.0. The summed E-state index contributed by atoms with van der Waals surface area (Å²) in [6.45, 7) is 1.50. The lowest BCUT2D eigenvalue weighted by Crippen LogP contribution is -2.24. The molecule has 24 heavy (non-hydrogen) atoms. The Bertz CT molecular complexity index is 866. The number of rotatable bonds is 5. The van der Waals surface area contributed by atoms with Crippen LogP contribution >= 0.6 is 0 Å². The van der Waals surface area contributed by atoms with Crippen LogP contribution in [0.5, 0.6) is 0 Å². The minimum absolute atomic E-state index is 0.0263. The van der Waals surface area contributed by atoms with Gasteiger partial charge in [-0.05, 0) is 30.7 Å². The van der Waals surface area contributed by atoms with Crippen molar-refractivity contribution < 1.29 is 19.5 Å². The zero-order chi connectivity index (χ0) is 17.7. The van der Waals surface area contributed by atoms with Gasteiger partial charge < -0.3 is 10.4 Å². The molecule has 0 unspecified atom stereocenters. The minimum Gasteiger partial charge on any atom is -0.478 e. The van der Waals surface area contributed by atoms with Gasteiger partial charge in [0, 0.05) is 12.1 Å². The summed E-state index contributed by atoms with van der Waals surface area (Å²) in [5, 5.41) is 20.7. The maximum absolute atomic E-state index is 12.3. The van der Waals surface area contributed by atoms with Crippen LogP contribution in [-0.4, -0.2) is 22.8 Å². The number of carbonyl (C=O) groups excluding carboxylic acids is 2. The second kappa shape index (κ2) is 7.20. The van der Waals surface area contributed by atoms with Gasteiger partial charge in [-0.15, -0.1) is 0 Å². The van der Waals surface area contributed by atoms with Gasteiger partial charge in [-0.1, -0.05) is 24.3 Å². The Morgan fingerprint density at radius 2 is 1.75 bits per heavy atom. The molecule has 0 saturated heterocycles. The van der Waals surface area contributed by atoms with E-state index in [1.54, 1.807) is 24.3 Å². The second-order valence-electron chi connectivity index (χ2n) is 5.08. The molecule has 0 aliphatic carbocycles. The van der Waals surface area contributed by atoms with Crippen LogP contribution in [0.2, 0.25) is 0 Å². The van der Waals surface area contributed by atoms with Crippen LogP contribution in [0.4, 0.5) is 0 Å². The Morgan fingerprint density at radius 1 is 1.08 bits per heavy atom. The van der Waals surface area contributed by atoms with Gasteiger partial charge in [0.05, 0.1) is 16.7 Å². The summed E-state index contributed by atoms with van der Waals surface area (Å²) in [6.07, 6.45) is 0. The number of nitriles is 1. The maximum Gasteiger partial charge on any atom is 0.337 e. The van der Waals surface area contributed by atoms with Crippen molar-refractivity contribution in [2.24, 2.45) is 0 Å². The summed E-state index contributed by atoms with van der Waals surface area (Å²) in [4.78, 5) is 34.8. The molecule has 0 heterocycles. The molecule has 0 atom stereocenters. The Labute approximate surface area is 138 Å². The highest BCUT2D eigenvalue weighted by atomic mass is 16.4. The molecular weight excluding hydrogens is 308 g/mol. The van der Waals surface area contributed by atoms with Crippen LogP contribution in [0, 0.1) is 11.3 Å². The number of ketones is 1. The van der Waals surface area contributed by atoms with Gasteiger partial charge in [0.1, 0.15) is 6.07 Å². The first-order valence-corrected chi connectivity index (χ1v) is 7.08. The number of nitrogens with one attached hydrogen (secondary N) is 1. The highest BCUT2D eigenvalue weighted by Gasteiger charge is 2.14. The Hall–Kier alpha value is -3.46. The lowest BCUT2D eigenvalue weighted by Gasteiger charge is -2.09. The third kappa shape index (κ3) is 3.65. The van der Waals surface area contributed by atoms with E-state index in [1.807, 2.05) is 6.07 Å². The van der Waals surface area contributed by atoms with Crippen LogP contribution in [-0.2, 0) is 6.54 Å². The average Bonchev–Trinajstić information content (AvgIpc) is 2.59. The molecule has 2 rings (SSSR count). The standard InChI is InChI=1S/C18H14N2O4/c1-11(21)14-4-2-3-5-16(14)17(22)20-10-12-6-7-15(18(23)24)13(8-12)9-19/h2-8H,10H2,1H3,(H,20,22)(H,23,24). The van der Waals surface area contributed by atoms with Crippen molar-refractivity contribution in [1.82, 2.24) is 5.32 Å². The van der Waals surface area contributed by atoms with E-state index in [4.69, 9.17) is 10.4 Å².